The van der Waals surface area contributed by atoms with Crippen LogP contribution in [0.4, 0.5) is 5.69 Å². The van der Waals surface area contributed by atoms with E-state index in [9.17, 15) is 4.79 Å². The molecule has 2 aliphatic rings. The van der Waals surface area contributed by atoms with Gasteiger partial charge in [0.05, 0.1) is 40.9 Å². The van der Waals surface area contributed by atoms with Gasteiger partial charge in [-0.25, -0.2) is 4.79 Å². The van der Waals surface area contributed by atoms with Crippen molar-refractivity contribution < 1.29 is 9.53 Å². The van der Waals surface area contributed by atoms with Crippen LogP contribution in [-0.2, 0) is 4.74 Å². The molecule has 0 N–H and O–H groups in total. The van der Waals surface area contributed by atoms with E-state index in [0.717, 1.165) is 0 Å². The third-order valence-electron chi connectivity index (χ3n) is 6.81. The fourth-order valence-corrected chi connectivity index (χ4v) is 6.64. The number of ether oxygens (including phenoxy) is 1. The Bertz CT molecular complexity index is 1060. The van der Waals surface area contributed by atoms with Gasteiger partial charge in [-0.05, 0) is 47.6 Å². The maximum absolute atomic E-state index is 11.9. The van der Waals surface area contributed by atoms with Gasteiger partial charge in [-0.1, -0.05) is 93.2 Å². The SMILES string of the molecule is COC(=O)c1ccc([C@@H]2C(C3[C@H](/C=C/[Si](C)(C)C)N3c3ccccc3)[C@H]2/C=C/[Si](C)(C)C)cc1. The van der Waals surface area contributed by atoms with Crippen LogP contribution in [0.2, 0.25) is 39.3 Å². The maximum Gasteiger partial charge on any atom is 0.337 e. The minimum absolute atomic E-state index is 0.275. The Morgan fingerprint density at radius 1 is 0.853 bits per heavy atom. The van der Waals surface area contributed by atoms with Crippen molar-refractivity contribution in [1.29, 1.82) is 0 Å². The van der Waals surface area contributed by atoms with Crippen molar-refractivity contribution in [2.45, 2.75) is 57.3 Å². The van der Waals surface area contributed by atoms with E-state index in [1.807, 2.05) is 12.1 Å². The lowest BCUT2D eigenvalue weighted by molar-refractivity contribution is 0.0600. The molecule has 2 unspecified atom stereocenters. The van der Waals surface area contributed by atoms with Gasteiger partial charge in [0.2, 0.25) is 0 Å². The summed E-state index contributed by atoms with van der Waals surface area (Å²) in [6.45, 7) is 14.4. The van der Waals surface area contributed by atoms with Crippen molar-refractivity contribution in [3.8, 4) is 0 Å². The van der Waals surface area contributed by atoms with Gasteiger partial charge in [-0.3, -0.25) is 0 Å². The Morgan fingerprint density at radius 2 is 1.44 bits per heavy atom. The lowest BCUT2D eigenvalue weighted by atomic mass is 10.0. The first-order valence-electron chi connectivity index (χ1n) is 12.4. The van der Waals surface area contributed by atoms with Crippen LogP contribution in [0, 0.1) is 11.8 Å². The van der Waals surface area contributed by atoms with E-state index in [4.69, 9.17) is 4.74 Å². The number of anilines is 1. The highest BCUT2D eigenvalue weighted by atomic mass is 28.3. The summed E-state index contributed by atoms with van der Waals surface area (Å²) in [5.41, 5.74) is 8.28. The molecule has 2 aromatic carbocycles. The van der Waals surface area contributed by atoms with E-state index >= 15 is 0 Å². The second-order valence-electron chi connectivity index (χ2n) is 12.0. The molecule has 2 fully saturated rings. The summed E-state index contributed by atoms with van der Waals surface area (Å²) in [5, 5.41) is 0. The number of hydrogen-bond donors (Lipinski definition) is 0. The van der Waals surface area contributed by atoms with Crippen LogP contribution >= 0.6 is 0 Å². The summed E-state index contributed by atoms with van der Waals surface area (Å²) < 4.78 is 4.89. The van der Waals surface area contributed by atoms with Gasteiger partial charge in [0.25, 0.3) is 0 Å². The molecule has 180 valence electrons. The van der Waals surface area contributed by atoms with Crippen LogP contribution < -0.4 is 4.90 Å². The van der Waals surface area contributed by atoms with Crippen molar-refractivity contribution in [3.05, 3.63) is 89.3 Å². The number of allylic oxidation sites excluding steroid dienone is 1. The fourth-order valence-electron chi connectivity index (χ4n) is 5.07. The van der Waals surface area contributed by atoms with Crippen LogP contribution in [0.3, 0.4) is 0 Å². The molecule has 1 aliphatic carbocycles. The fraction of sp³-hybridized carbons (Fsp3) is 0.414. The van der Waals surface area contributed by atoms with Gasteiger partial charge in [0.15, 0.2) is 0 Å². The van der Waals surface area contributed by atoms with E-state index in [1.165, 1.54) is 18.4 Å². The van der Waals surface area contributed by atoms with Crippen LogP contribution in [0.1, 0.15) is 21.8 Å². The monoisotopic (exact) mass is 489 g/mol. The number of esters is 1. The maximum atomic E-state index is 11.9. The molecule has 0 aromatic heterocycles. The molecule has 2 aromatic rings. The molecule has 1 saturated heterocycles. The van der Waals surface area contributed by atoms with E-state index in [1.54, 1.807) is 0 Å². The van der Waals surface area contributed by atoms with E-state index in [2.05, 4.69) is 110 Å². The first kappa shape index (κ1) is 24.7. The quantitative estimate of drug-likeness (QED) is 0.229. The van der Waals surface area contributed by atoms with Gasteiger partial charge >= 0.3 is 5.97 Å². The largest absolute Gasteiger partial charge is 0.465 e. The molecule has 0 spiro atoms. The summed E-state index contributed by atoms with van der Waals surface area (Å²) in [4.78, 5) is 14.5. The van der Waals surface area contributed by atoms with Crippen molar-refractivity contribution in [2.75, 3.05) is 12.0 Å². The van der Waals surface area contributed by atoms with Gasteiger partial charge in [0, 0.05) is 5.69 Å². The molecule has 3 nitrogen and oxygen atoms in total. The summed E-state index contributed by atoms with van der Waals surface area (Å²) in [7, 11) is -1.12. The van der Waals surface area contributed by atoms with Gasteiger partial charge in [0.1, 0.15) is 0 Å². The van der Waals surface area contributed by atoms with Gasteiger partial charge < -0.3 is 9.64 Å². The number of hydrogen-bond acceptors (Lipinski definition) is 3. The molecular formula is C29H39NO2Si2. The predicted octanol–water partition coefficient (Wildman–Crippen LogP) is 6.93. The minimum atomic E-state index is -1.29. The zero-order valence-corrected chi connectivity index (χ0v) is 23.7. The Labute approximate surface area is 207 Å². The molecule has 1 heterocycles. The number of rotatable bonds is 8. The highest BCUT2D eigenvalue weighted by Gasteiger charge is 2.64. The van der Waals surface area contributed by atoms with Crippen molar-refractivity contribution >= 4 is 27.8 Å². The Kier molecular flexibility index (Phi) is 6.80. The van der Waals surface area contributed by atoms with Crippen LogP contribution in [0.5, 0.6) is 0 Å². The normalized spacial score (nSPS) is 26.8. The molecule has 1 saturated carbocycles. The first-order valence-corrected chi connectivity index (χ1v) is 19.6. The Morgan fingerprint density at radius 3 is 2.00 bits per heavy atom. The molecule has 0 radical (unpaired) electrons. The van der Waals surface area contributed by atoms with Crippen LogP contribution in [0.25, 0.3) is 0 Å². The van der Waals surface area contributed by atoms with Gasteiger partial charge in [-0.2, -0.15) is 0 Å². The first-order chi connectivity index (χ1) is 16.0. The zero-order valence-electron chi connectivity index (χ0n) is 21.7. The number of para-hydroxylation sites is 1. The van der Waals surface area contributed by atoms with Crippen molar-refractivity contribution in [3.63, 3.8) is 0 Å². The summed E-state index contributed by atoms with van der Waals surface area (Å²) in [6.07, 6.45) is 5.00. The Hall–Kier alpha value is -2.38. The second kappa shape index (κ2) is 9.35. The van der Waals surface area contributed by atoms with E-state index in [-0.39, 0.29) is 5.97 Å². The highest BCUT2D eigenvalue weighted by molar-refractivity contribution is 6.81. The molecule has 4 rings (SSSR count). The predicted molar refractivity (Wildman–Crippen MR) is 149 cm³/mol. The minimum Gasteiger partial charge on any atom is -0.465 e. The molecular weight excluding hydrogens is 450 g/mol. The highest BCUT2D eigenvalue weighted by Crippen LogP contribution is 2.63. The Balaban J connectivity index is 1.64. The average molecular weight is 490 g/mol. The topological polar surface area (TPSA) is 29.3 Å². The molecule has 5 heteroatoms. The molecule has 0 bridgehead atoms. The van der Waals surface area contributed by atoms with Gasteiger partial charge in [-0.15, -0.1) is 0 Å². The number of carbonyl (C=O) groups excluding carboxylic acids is 1. The summed E-state index contributed by atoms with van der Waals surface area (Å²) in [5.74, 6) is 1.33. The standard InChI is InChI=1S/C29H39NO2Si2/c1-32-29(31)22-15-13-21(14-16-22)26-24(17-19-33(2,3)4)27(26)28-25(18-20-34(5,6)7)30(28)23-11-9-8-10-12-23/h8-20,24-28H,1-7H3/b19-17+,20-18+/t24-,25-,26-,27?,28?,30?/m0/s1. The van der Waals surface area contributed by atoms with Crippen molar-refractivity contribution in [1.82, 2.24) is 0 Å². The van der Waals surface area contributed by atoms with Crippen molar-refractivity contribution in [2.24, 2.45) is 11.8 Å². The average Bonchev–Trinajstić information content (AvgIpc) is 3.68. The third-order valence-corrected chi connectivity index (χ3v) is 9.20. The molecule has 5 atom stereocenters. The van der Waals surface area contributed by atoms with Crippen LogP contribution in [-0.4, -0.2) is 41.3 Å². The van der Waals surface area contributed by atoms with E-state index < -0.39 is 16.1 Å². The third kappa shape index (κ3) is 5.64. The molecule has 1 aliphatic heterocycles. The number of carbonyl (C=O) groups is 1. The number of benzene rings is 2. The molecule has 0 amide bonds. The molecule has 34 heavy (non-hydrogen) atoms. The van der Waals surface area contributed by atoms with Crippen LogP contribution in [0.15, 0.2) is 78.1 Å². The summed E-state index contributed by atoms with van der Waals surface area (Å²) >= 11 is 0. The smallest absolute Gasteiger partial charge is 0.337 e. The lowest BCUT2D eigenvalue weighted by Crippen LogP contribution is -2.16. The summed E-state index contributed by atoms with van der Waals surface area (Å²) in [6, 6.07) is 19.9. The lowest BCUT2D eigenvalue weighted by Gasteiger charge is -2.08. The number of methoxy groups -OCH3 is 1. The number of nitrogens with zero attached hydrogens (tertiary/aromatic N) is 1. The van der Waals surface area contributed by atoms with E-state index in [0.29, 0.717) is 35.4 Å². The second-order valence-corrected chi connectivity index (χ2v) is 22.1. The zero-order chi connectivity index (χ0) is 24.7.